The van der Waals surface area contributed by atoms with Gasteiger partial charge in [-0.05, 0) is 60.2 Å². The first-order valence-electron chi connectivity index (χ1n) is 14.5. The molecule has 0 unspecified atom stereocenters. The largest absolute Gasteiger partial charge is 0.540 e. The number of aliphatic hydroxyl groups excluding tert-OH is 1. The van der Waals surface area contributed by atoms with Gasteiger partial charge in [0.05, 0.1) is 30.0 Å². The van der Waals surface area contributed by atoms with Crippen LogP contribution in [0.1, 0.15) is 84.0 Å². The smallest absolute Gasteiger partial charge is 0.411 e. The average Bonchev–Trinajstić information content (AvgIpc) is 3.80. The van der Waals surface area contributed by atoms with Crippen molar-refractivity contribution in [3.63, 3.8) is 0 Å². The summed E-state index contributed by atoms with van der Waals surface area (Å²) in [6.45, 7) is 17.5. The van der Waals surface area contributed by atoms with E-state index in [1.165, 1.54) is 6.08 Å². The van der Waals surface area contributed by atoms with Crippen molar-refractivity contribution in [1.29, 1.82) is 0 Å². The van der Waals surface area contributed by atoms with Gasteiger partial charge in [-0.3, -0.25) is 10.1 Å². The molecule has 1 aromatic rings. The molecule has 3 aliphatic rings. The Bertz CT molecular complexity index is 1060. The molecule has 216 valence electrons. The van der Waals surface area contributed by atoms with Crippen LogP contribution in [0.2, 0.25) is 16.6 Å². The zero-order valence-electron chi connectivity index (χ0n) is 24.4. The Morgan fingerprint density at radius 3 is 2.28 bits per heavy atom. The second-order valence-corrected chi connectivity index (χ2v) is 17.9. The molecular formula is C30H46N2O6Si. The van der Waals surface area contributed by atoms with Gasteiger partial charge in [-0.25, -0.2) is 4.79 Å². The summed E-state index contributed by atoms with van der Waals surface area (Å²) < 4.78 is 18.6. The van der Waals surface area contributed by atoms with Crippen LogP contribution in [-0.4, -0.2) is 62.2 Å². The summed E-state index contributed by atoms with van der Waals surface area (Å²) in [6, 6.07) is 3.23. The number of nitrogens with one attached hydrogen (secondary N) is 1. The Morgan fingerprint density at radius 2 is 1.77 bits per heavy atom. The Balaban J connectivity index is 1.79. The molecule has 4 rings (SSSR count). The molecular weight excluding hydrogens is 512 g/mol. The number of carbonyl (C=O) groups excluding carboxylic acids is 2. The molecule has 39 heavy (non-hydrogen) atoms. The van der Waals surface area contributed by atoms with Crippen LogP contribution in [0, 0.1) is 5.41 Å². The number of anilines is 1. The number of rotatable bonds is 12. The van der Waals surface area contributed by atoms with Gasteiger partial charge in [-0.1, -0.05) is 54.2 Å². The van der Waals surface area contributed by atoms with E-state index in [0.29, 0.717) is 45.9 Å². The van der Waals surface area contributed by atoms with Gasteiger partial charge in [-0.15, -0.1) is 0 Å². The lowest BCUT2D eigenvalue weighted by molar-refractivity contribution is 0.0674. The van der Waals surface area contributed by atoms with Crippen molar-refractivity contribution in [2.24, 2.45) is 5.41 Å². The average molecular weight is 559 g/mol. The standard InChI is InChI=1S/C30H46N2O6Si/c1-8-13-36-29(35)31-25-15-27(38-39(19(2)3,20(4)5)21(6)7)26(37-23-9-10-23)14-24(25)28(34)32-18-30(11-12-30)16-22(32)17-33/h8,14-15,19-23,33H,1,9-13,16-18H2,2-7H3,(H,31,35)/t22-/m0/s1. The van der Waals surface area contributed by atoms with E-state index in [1.807, 2.05) is 0 Å². The zero-order valence-corrected chi connectivity index (χ0v) is 25.4. The highest BCUT2D eigenvalue weighted by Crippen LogP contribution is 2.55. The van der Waals surface area contributed by atoms with Crippen molar-refractivity contribution in [2.45, 2.75) is 102 Å². The van der Waals surface area contributed by atoms with Crippen molar-refractivity contribution in [2.75, 3.05) is 25.1 Å². The fourth-order valence-corrected chi connectivity index (χ4v) is 11.7. The van der Waals surface area contributed by atoms with Crippen molar-refractivity contribution < 1.29 is 28.6 Å². The first kappa shape index (κ1) is 29.5. The molecule has 2 amide bonds. The lowest BCUT2D eigenvalue weighted by atomic mass is 10.0. The molecule has 1 heterocycles. The molecule has 1 aromatic carbocycles. The van der Waals surface area contributed by atoms with Gasteiger partial charge in [0.1, 0.15) is 12.4 Å². The predicted octanol–water partition coefficient (Wildman–Crippen LogP) is 6.50. The molecule has 2 saturated carbocycles. The van der Waals surface area contributed by atoms with Gasteiger partial charge < -0.3 is 23.9 Å². The quantitative estimate of drug-likeness (QED) is 0.224. The Kier molecular flexibility index (Phi) is 8.71. The summed E-state index contributed by atoms with van der Waals surface area (Å²) in [5.41, 5.74) is 1.73. The van der Waals surface area contributed by atoms with Crippen LogP contribution in [0.4, 0.5) is 10.5 Å². The molecule has 1 aliphatic heterocycles. The molecule has 8 nitrogen and oxygen atoms in total. The number of hydrogen-bond donors (Lipinski definition) is 2. The van der Waals surface area contributed by atoms with Crippen molar-refractivity contribution >= 4 is 26.0 Å². The fraction of sp³-hybridized carbons (Fsp3) is 0.667. The normalized spacial score (nSPS) is 20.1. The van der Waals surface area contributed by atoms with Gasteiger partial charge in [-0.2, -0.15) is 0 Å². The summed E-state index contributed by atoms with van der Waals surface area (Å²) in [4.78, 5) is 28.5. The van der Waals surface area contributed by atoms with Crippen LogP contribution in [-0.2, 0) is 4.74 Å². The van der Waals surface area contributed by atoms with Crippen LogP contribution < -0.4 is 14.5 Å². The van der Waals surface area contributed by atoms with E-state index in [9.17, 15) is 14.7 Å². The van der Waals surface area contributed by atoms with E-state index in [4.69, 9.17) is 13.9 Å². The summed E-state index contributed by atoms with van der Waals surface area (Å²) >= 11 is 0. The van der Waals surface area contributed by atoms with Gasteiger partial charge >= 0.3 is 6.09 Å². The Hall–Kier alpha value is -2.52. The molecule has 1 saturated heterocycles. The van der Waals surface area contributed by atoms with Crippen molar-refractivity contribution in [3.05, 3.63) is 30.4 Å². The number of hydrogen-bond acceptors (Lipinski definition) is 6. The van der Waals surface area contributed by atoms with Gasteiger partial charge in [0.2, 0.25) is 0 Å². The van der Waals surface area contributed by atoms with Crippen LogP contribution in [0.25, 0.3) is 0 Å². The molecule has 1 atom stereocenters. The van der Waals surface area contributed by atoms with Gasteiger partial charge in [0.15, 0.2) is 5.75 Å². The first-order chi connectivity index (χ1) is 18.5. The fourth-order valence-electron chi connectivity index (χ4n) is 6.46. The maximum atomic E-state index is 14.0. The molecule has 1 spiro atoms. The molecule has 2 aliphatic carbocycles. The molecule has 0 aromatic heterocycles. The maximum Gasteiger partial charge on any atom is 0.411 e. The second kappa shape index (κ2) is 11.5. The van der Waals surface area contributed by atoms with E-state index < -0.39 is 14.4 Å². The van der Waals surface area contributed by atoms with E-state index in [0.717, 1.165) is 32.1 Å². The lowest BCUT2D eigenvalue weighted by Crippen LogP contribution is -2.50. The van der Waals surface area contributed by atoms with Crippen LogP contribution in [0.3, 0.4) is 0 Å². The van der Waals surface area contributed by atoms with E-state index >= 15 is 0 Å². The van der Waals surface area contributed by atoms with Gasteiger partial charge in [0, 0.05) is 12.6 Å². The number of likely N-dealkylation sites (tertiary alicyclic amines) is 1. The highest BCUT2D eigenvalue weighted by atomic mass is 28.4. The van der Waals surface area contributed by atoms with Crippen LogP contribution in [0.5, 0.6) is 11.5 Å². The minimum Gasteiger partial charge on any atom is -0.540 e. The van der Waals surface area contributed by atoms with Crippen molar-refractivity contribution in [1.82, 2.24) is 4.90 Å². The van der Waals surface area contributed by atoms with E-state index in [-0.39, 0.29) is 36.7 Å². The third kappa shape index (κ3) is 6.14. The first-order valence-corrected chi connectivity index (χ1v) is 16.6. The number of carbonyl (C=O) groups is 2. The van der Waals surface area contributed by atoms with Crippen molar-refractivity contribution in [3.8, 4) is 11.5 Å². The molecule has 3 fully saturated rings. The minimum absolute atomic E-state index is 0.0483. The number of amides is 2. The van der Waals surface area contributed by atoms with E-state index in [2.05, 4.69) is 53.4 Å². The van der Waals surface area contributed by atoms with Crippen LogP contribution in [0.15, 0.2) is 24.8 Å². The monoisotopic (exact) mass is 558 g/mol. The molecule has 9 heteroatoms. The number of nitrogens with zero attached hydrogens (tertiary/aromatic N) is 1. The third-order valence-electron chi connectivity index (χ3n) is 8.74. The molecule has 0 radical (unpaired) electrons. The Morgan fingerprint density at radius 1 is 1.13 bits per heavy atom. The molecule has 0 bridgehead atoms. The summed E-state index contributed by atoms with van der Waals surface area (Å²) in [6.07, 6.45) is 5.76. The Labute approximate surface area is 234 Å². The molecule has 2 N–H and O–H groups in total. The SMILES string of the molecule is C=CCOC(=O)Nc1cc(O[Si](C(C)C)(C(C)C)C(C)C)c(OC2CC2)cc1C(=O)N1CC2(CC2)C[C@H]1CO. The number of aliphatic hydroxyl groups is 1. The minimum atomic E-state index is -2.38. The number of ether oxygens (including phenoxy) is 2. The second-order valence-electron chi connectivity index (χ2n) is 12.6. The van der Waals surface area contributed by atoms with Gasteiger partial charge in [0.25, 0.3) is 14.2 Å². The van der Waals surface area contributed by atoms with Crippen LogP contribution >= 0.6 is 0 Å². The highest BCUT2D eigenvalue weighted by molar-refractivity contribution is 6.78. The predicted molar refractivity (Wildman–Crippen MR) is 155 cm³/mol. The zero-order chi connectivity index (χ0) is 28.5. The topological polar surface area (TPSA) is 97.3 Å². The van der Waals surface area contributed by atoms with E-state index in [1.54, 1.807) is 17.0 Å². The maximum absolute atomic E-state index is 14.0. The lowest BCUT2D eigenvalue weighted by Gasteiger charge is -2.42. The highest BCUT2D eigenvalue weighted by Gasteiger charge is 2.53. The third-order valence-corrected chi connectivity index (χ3v) is 14.7. The summed E-state index contributed by atoms with van der Waals surface area (Å²) in [5.74, 6) is 0.855. The number of benzene rings is 1. The summed E-state index contributed by atoms with van der Waals surface area (Å²) in [5, 5.41) is 12.9. The summed E-state index contributed by atoms with van der Waals surface area (Å²) in [7, 11) is -2.38.